The molecule has 1 aliphatic rings. The lowest BCUT2D eigenvalue weighted by Crippen LogP contribution is -2.57. The maximum atomic E-state index is 13.2. The van der Waals surface area contributed by atoms with Crippen molar-refractivity contribution in [1.82, 2.24) is 20.5 Å². The summed E-state index contributed by atoms with van der Waals surface area (Å²) in [6.45, 7) is -0.643. The minimum absolute atomic E-state index is 0.00144. The summed E-state index contributed by atoms with van der Waals surface area (Å²) in [5.74, 6) is -4.85. The zero-order valence-corrected chi connectivity index (χ0v) is 19.3. The Hall–Kier alpha value is -3.97. The first-order chi connectivity index (χ1) is 17.1. The summed E-state index contributed by atoms with van der Waals surface area (Å²) >= 11 is 0. The van der Waals surface area contributed by atoms with E-state index in [1.165, 1.54) is 4.90 Å². The molecule has 2 heterocycles. The van der Waals surface area contributed by atoms with Gasteiger partial charge in [0.05, 0.1) is 19.1 Å². The number of carbonyl (C=O) groups excluding carboxylic acids is 3. The number of H-pyrrole nitrogens is 1. The summed E-state index contributed by atoms with van der Waals surface area (Å²) in [5, 5.41) is 33.1. The van der Waals surface area contributed by atoms with E-state index in [2.05, 4.69) is 15.6 Å². The van der Waals surface area contributed by atoms with Crippen molar-refractivity contribution in [2.45, 2.75) is 49.9 Å². The number of carboxylic acids is 2. The molecule has 1 aromatic heterocycles. The van der Waals surface area contributed by atoms with E-state index < -0.39 is 66.9 Å². The number of nitrogens with two attached hydrogens (primary N) is 1. The number of para-hydroxylation sites is 1. The van der Waals surface area contributed by atoms with Crippen molar-refractivity contribution >= 4 is 40.6 Å². The highest BCUT2D eigenvalue weighted by molar-refractivity contribution is 5.95. The van der Waals surface area contributed by atoms with E-state index in [1.54, 1.807) is 6.20 Å². The number of aliphatic hydroxyl groups is 1. The molecule has 1 aromatic carbocycles. The second kappa shape index (κ2) is 11.6. The quantitative estimate of drug-likeness (QED) is 0.191. The molecule has 0 saturated carbocycles. The van der Waals surface area contributed by atoms with Crippen molar-refractivity contribution in [3.63, 3.8) is 0 Å². The van der Waals surface area contributed by atoms with Gasteiger partial charge in [0, 0.05) is 30.1 Å². The van der Waals surface area contributed by atoms with E-state index in [4.69, 9.17) is 10.8 Å². The summed E-state index contributed by atoms with van der Waals surface area (Å²) in [4.78, 5) is 65.4. The molecule has 3 amide bonds. The van der Waals surface area contributed by atoms with Crippen molar-refractivity contribution in [3.8, 4) is 0 Å². The molecule has 1 fully saturated rings. The van der Waals surface area contributed by atoms with Crippen LogP contribution >= 0.6 is 0 Å². The van der Waals surface area contributed by atoms with Gasteiger partial charge in [0.1, 0.15) is 18.1 Å². The number of aliphatic carboxylic acids is 2. The van der Waals surface area contributed by atoms with E-state index in [9.17, 15) is 34.2 Å². The standard InChI is InChI=1S/C23H29N5O8/c24-14(9-19(30)31)22(34)28-7-3-6-18(28)21(33)26-16(20(32)27-17(11-29)23(35)36)8-12-10-25-15-5-2-1-4-13(12)15/h1-2,4-5,10,14,16-18,25,29H,3,6-9,11,24H2,(H,26,33)(H,27,32)(H,30,31)(H,35,36). The zero-order valence-electron chi connectivity index (χ0n) is 19.3. The van der Waals surface area contributed by atoms with Gasteiger partial charge in [-0.05, 0) is 24.5 Å². The van der Waals surface area contributed by atoms with Crippen LogP contribution in [0.2, 0.25) is 0 Å². The number of likely N-dealkylation sites (tertiary alicyclic amines) is 1. The number of hydrogen-bond acceptors (Lipinski definition) is 7. The smallest absolute Gasteiger partial charge is 0.328 e. The van der Waals surface area contributed by atoms with Crippen molar-refractivity contribution in [1.29, 1.82) is 0 Å². The minimum atomic E-state index is -1.57. The number of benzene rings is 1. The molecule has 0 radical (unpaired) electrons. The largest absolute Gasteiger partial charge is 0.481 e. The Balaban J connectivity index is 1.81. The van der Waals surface area contributed by atoms with E-state index >= 15 is 0 Å². The number of nitrogens with one attached hydrogen (secondary N) is 3. The average molecular weight is 504 g/mol. The molecule has 13 heteroatoms. The number of carboxylic acid groups (broad SMARTS) is 2. The van der Waals surface area contributed by atoms with Crippen LogP contribution in [0, 0.1) is 0 Å². The van der Waals surface area contributed by atoms with Gasteiger partial charge in [-0.1, -0.05) is 18.2 Å². The third kappa shape index (κ3) is 6.17. The Morgan fingerprint density at radius 3 is 2.50 bits per heavy atom. The van der Waals surface area contributed by atoms with E-state index in [0.29, 0.717) is 12.0 Å². The predicted molar refractivity (Wildman–Crippen MR) is 126 cm³/mol. The third-order valence-electron chi connectivity index (χ3n) is 6.08. The number of rotatable bonds is 11. The van der Waals surface area contributed by atoms with Crippen molar-refractivity contribution in [2.75, 3.05) is 13.2 Å². The number of aliphatic hydroxyl groups excluding tert-OH is 1. The SMILES string of the molecule is NC(CC(=O)O)C(=O)N1CCCC1C(=O)NC(Cc1c[nH]c2ccccc12)C(=O)NC(CO)C(=O)O. The van der Waals surface area contributed by atoms with Crippen LogP contribution in [-0.4, -0.2) is 92.2 Å². The minimum Gasteiger partial charge on any atom is -0.481 e. The van der Waals surface area contributed by atoms with Crippen LogP contribution in [0.3, 0.4) is 0 Å². The molecule has 4 unspecified atom stereocenters. The van der Waals surface area contributed by atoms with Gasteiger partial charge in [0.25, 0.3) is 0 Å². The first-order valence-corrected chi connectivity index (χ1v) is 11.4. The molecule has 4 atom stereocenters. The van der Waals surface area contributed by atoms with E-state index in [1.807, 2.05) is 24.3 Å². The molecule has 1 saturated heterocycles. The van der Waals surface area contributed by atoms with Crippen molar-refractivity contribution in [3.05, 3.63) is 36.0 Å². The number of nitrogens with zero attached hydrogens (tertiary/aromatic N) is 1. The second-order valence-electron chi connectivity index (χ2n) is 8.60. The maximum Gasteiger partial charge on any atom is 0.328 e. The van der Waals surface area contributed by atoms with Gasteiger partial charge in [-0.15, -0.1) is 0 Å². The van der Waals surface area contributed by atoms with E-state index in [-0.39, 0.29) is 19.4 Å². The normalized spacial score (nSPS) is 17.8. The molecule has 36 heavy (non-hydrogen) atoms. The monoisotopic (exact) mass is 503 g/mol. The molecule has 194 valence electrons. The first kappa shape index (κ1) is 26.6. The van der Waals surface area contributed by atoms with Crippen LogP contribution in [0.4, 0.5) is 0 Å². The fraction of sp³-hybridized carbons (Fsp3) is 0.435. The summed E-state index contributed by atoms with van der Waals surface area (Å²) in [6, 6.07) is 2.21. The van der Waals surface area contributed by atoms with Crippen molar-refractivity contribution in [2.24, 2.45) is 5.73 Å². The Kier molecular flexibility index (Phi) is 8.61. The Morgan fingerprint density at radius 2 is 1.83 bits per heavy atom. The maximum absolute atomic E-state index is 13.2. The third-order valence-corrected chi connectivity index (χ3v) is 6.08. The molecule has 13 nitrogen and oxygen atoms in total. The molecule has 0 aliphatic carbocycles. The van der Waals surface area contributed by atoms with Crippen molar-refractivity contribution < 1.29 is 39.3 Å². The number of hydrogen-bond donors (Lipinski definition) is 7. The summed E-state index contributed by atoms with van der Waals surface area (Å²) in [6.07, 6.45) is 1.85. The summed E-state index contributed by atoms with van der Waals surface area (Å²) in [5.41, 5.74) is 7.19. The van der Waals surface area contributed by atoms with E-state index in [0.717, 1.165) is 10.9 Å². The zero-order chi connectivity index (χ0) is 26.4. The van der Waals surface area contributed by atoms with Gasteiger partial charge in [-0.25, -0.2) is 4.79 Å². The molecular weight excluding hydrogens is 474 g/mol. The Bertz CT molecular complexity index is 1150. The van der Waals surface area contributed by atoms with Crippen LogP contribution in [0.15, 0.2) is 30.5 Å². The second-order valence-corrected chi connectivity index (χ2v) is 8.60. The van der Waals surface area contributed by atoms with Gasteiger partial charge in [-0.3, -0.25) is 19.2 Å². The molecule has 0 spiro atoms. The molecule has 2 aromatic rings. The highest BCUT2D eigenvalue weighted by Crippen LogP contribution is 2.21. The molecule has 8 N–H and O–H groups in total. The lowest BCUT2D eigenvalue weighted by Gasteiger charge is -2.28. The highest BCUT2D eigenvalue weighted by Gasteiger charge is 2.38. The summed E-state index contributed by atoms with van der Waals surface area (Å²) < 4.78 is 0. The Labute approximate surface area is 205 Å². The number of amides is 3. The topological polar surface area (TPSA) is 215 Å². The van der Waals surface area contributed by atoms with Crippen LogP contribution in [0.25, 0.3) is 10.9 Å². The van der Waals surface area contributed by atoms with Crippen LogP contribution in [0.5, 0.6) is 0 Å². The highest BCUT2D eigenvalue weighted by atomic mass is 16.4. The van der Waals surface area contributed by atoms with Gasteiger partial charge in [0.2, 0.25) is 17.7 Å². The predicted octanol–water partition coefficient (Wildman–Crippen LogP) is -1.45. The number of fused-ring (bicyclic) bond motifs is 1. The van der Waals surface area contributed by atoms with Gasteiger partial charge in [-0.2, -0.15) is 0 Å². The lowest BCUT2D eigenvalue weighted by atomic mass is 10.0. The number of aromatic amines is 1. The van der Waals surface area contributed by atoms with Crippen LogP contribution < -0.4 is 16.4 Å². The molecule has 0 bridgehead atoms. The number of aromatic nitrogens is 1. The average Bonchev–Trinajstić information content (AvgIpc) is 3.48. The van der Waals surface area contributed by atoms with Gasteiger partial charge in [0.15, 0.2) is 0 Å². The lowest BCUT2D eigenvalue weighted by molar-refractivity contribution is -0.144. The van der Waals surface area contributed by atoms with Crippen LogP contribution in [0.1, 0.15) is 24.8 Å². The van der Waals surface area contributed by atoms with Crippen LogP contribution in [-0.2, 0) is 30.4 Å². The van der Waals surface area contributed by atoms with Gasteiger partial charge < -0.3 is 41.6 Å². The fourth-order valence-corrected chi connectivity index (χ4v) is 4.25. The summed E-state index contributed by atoms with van der Waals surface area (Å²) in [7, 11) is 0. The fourth-order valence-electron chi connectivity index (χ4n) is 4.25. The molecule has 1 aliphatic heterocycles. The number of carbonyl (C=O) groups is 5. The Morgan fingerprint density at radius 1 is 1.11 bits per heavy atom. The molecule has 3 rings (SSSR count). The molecular formula is C23H29N5O8. The van der Waals surface area contributed by atoms with Gasteiger partial charge >= 0.3 is 11.9 Å². The first-order valence-electron chi connectivity index (χ1n) is 11.4.